The smallest absolute Gasteiger partial charge is 0.0215 e. The van der Waals surface area contributed by atoms with Crippen LogP contribution in [0.15, 0.2) is 0 Å². The monoisotopic (exact) mass is 183 g/mol. The molecule has 0 rings (SSSR count). The molecule has 0 bridgehead atoms. The van der Waals surface area contributed by atoms with E-state index in [0.29, 0.717) is 0 Å². The van der Waals surface area contributed by atoms with Crippen LogP contribution in [0.2, 0.25) is 0 Å². The molecule has 0 saturated heterocycles. The molecule has 0 saturated carbocycles. The Hall–Kier alpha value is 0. The van der Waals surface area contributed by atoms with E-state index in [1.54, 1.807) is 5.92 Å². The molecule has 1 radical (unpaired) electrons. The second kappa shape index (κ2) is 8.59. The molecule has 79 valence electrons. The molecule has 0 unspecified atom stereocenters. The van der Waals surface area contributed by atoms with Gasteiger partial charge in [-0.15, -0.1) is 0 Å². The topological polar surface area (TPSA) is 0 Å². The van der Waals surface area contributed by atoms with Gasteiger partial charge >= 0.3 is 0 Å². The minimum Gasteiger partial charge on any atom is -0.0654 e. The summed E-state index contributed by atoms with van der Waals surface area (Å²) in [6, 6.07) is 0. The third kappa shape index (κ3) is 7.10. The van der Waals surface area contributed by atoms with Crippen LogP contribution in [0.4, 0.5) is 0 Å². The number of rotatable bonds is 8. The third-order valence-electron chi connectivity index (χ3n) is 2.77. The van der Waals surface area contributed by atoms with E-state index in [9.17, 15) is 0 Å². The number of hydrogen-bond donors (Lipinski definition) is 0. The summed E-state index contributed by atoms with van der Waals surface area (Å²) < 4.78 is 0. The molecule has 0 aromatic heterocycles. The highest BCUT2D eigenvalue weighted by Gasteiger charge is 2.12. The van der Waals surface area contributed by atoms with Crippen molar-refractivity contribution in [3.05, 3.63) is 5.92 Å². The van der Waals surface area contributed by atoms with Crippen molar-refractivity contribution in [2.45, 2.75) is 72.6 Å². The van der Waals surface area contributed by atoms with Gasteiger partial charge in [-0.1, -0.05) is 59.8 Å². The number of hydrogen-bond acceptors (Lipinski definition) is 0. The highest BCUT2D eigenvalue weighted by atomic mass is 14.2. The Balaban J connectivity index is 3.54. The van der Waals surface area contributed by atoms with Gasteiger partial charge in [0.2, 0.25) is 0 Å². The molecule has 0 nitrogen and oxygen atoms in total. The van der Waals surface area contributed by atoms with E-state index in [1.165, 1.54) is 44.9 Å². The highest BCUT2D eigenvalue weighted by molar-refractivity contribution is 4.92. The molecule has 0 heterocycles. The lowest BCUT2D eigenvalue weighted by Gasteiger charge is -2.19. The summed E-state index contributed by atoms with van der Waals surface area (Å²) in [5.74, 6) is 2.61. The Labute approximate surface area is 85.1 Å². The normalized spacial score (nSPS) is 11.5. The van der Waals surface area contributed by atoms with Gasteiger partial charge in [0.25, 0.3) is 0 Å². The minimum atomic E-state index is 0.809. The fourth-order valence-corrected chi connectivity index (χ4v) is 1.71. The largest absolute Gasteiger partial charge is 0.0654 e. The lowest BCUT2D eigenvalue weighted by atomic mass is 9.86. The maximum atomic E-state index is 2.34. The van der Waals surface area contributed by atoms with Gasteiger partial charge in [0.1, 0.15) is 0 Å². The van der Waals surface area contributed by atoms with E-state index >= 15 is 0 Å². The summed E-state index contributed by atoms with van der Waals surface area (Å²) in [4.78, 5) is 0. The van der Waals surface area contributed by atoms with Crippen molar-refractivity contribution in [1.82, 2.24) is 0 Å². The van der Waals surface area contributed by atoms with Crippen LogP contribution in [0, 0.1) is 11.8 Å². The molecule has 0 aliphatic carbocycles. The average Bonchev–Trinajstić information content (AvgIpc) is 2.10. The Kier molecular flexibility index (Phi) is 8.59. The highest BCUT2D eigenvalue weighted by Crippen LogP contribution is 2.26. The molecule has 0 spiro atoms. The van der Waals surface area contributed by atoms with Crippen molar-refractivity contribution >= 4 is 0 Å². The predicted octanol–water partition coefficient (Wildman–Crippen LogP) is 4.99. The second-order valence-corrected chi connectivity index (χ2v) is 4.37. The SMILES string of the molecule is CCCCC[C](CCCC)C(C)C. The van der Waals surface area contributed by atoms with Gasteiger partial charge in [-0.2, -0.15) is 0 Å². The summed E-state index contributed by atoms with van der Waals surface area (Å²) in [6.07, 6.45) is 9.64. The molecule has 0 aromatic rings. The summed E-state index contributed by atoms with van der Waals surface area (Å²) in [5.41, 5.74) is 0. The van der Waals surface area contributed by atoms with Gasteiger partial charge in [0.15, 0.2) is 0 Å². The van der Waals surface area contributed by atoms with Gasteiger partial charge in [0, 0.05) is 0 Å². The van der Waals surface area contributed by atoms with Crippen LogP contribution in [0.3, 0.4) is 0 Å². The predicted molar refractivity (Wildman–Crippen MR) is 61.7 cm³/mol. The van der Waals surface area contributed by atoms with E-state index in [4.69, 9.17) is 0 Å². The molecule has 0 aromatic carbocycles. The van der Waals surface area contributed by atoms with E-state index in [2.05, 4.69) is 27.7 Å². The fraction of sp³-hybridized carbons (Fsp3) is 0.923. The third-order valence-corrected chi connectivity index (χ3v) is 2.77. The Morgan fingerprint density at radius 2 is 1.38 bits per heavy atom. The van der Waals surface area contributed by atoms with Crippen LogP contribution in [-0.4, -0.2) is 0 Å². The van der Waals surface area contributed by atoms with E-state index in [0.717, 1.165) is 5.92 Å². The first kappa shape index (κ1) is 13.0. The molecular weight excluding hydrogens is 156 g/mol. The van der Waals surface area contributed by atoms with Crippen LogP contribution in [0.1, 0.15) is 72.6 Å². The van der Waals surface area contributed by atoms with Crippen molar-refractivity contribution in [1.29, 1.82) is 0 Å². The number of unbranched alkanes of at least 4 members (excludes halogenated alkanes) is 3. The molecule has 0 aliphatic rings. The lowest BCUT2D eigenvalue weighted by Crippen LogP contribution is -2.06. The zero-order valence-corrected chi connectivity index (χ0v) is 10.0. The van der Waals surface area contributed by atoms with Crippen molar-refractivity contribution in [3.63, 3.8) is 0 Å². The summed E-state index contributed by atoms with van der Waals surface area (Å²) in [5, 5.41) is 0. The fourth-order valence-electron chi connectivity index (χ4n) is 1.71. The molecule has 0 aliphatic heterocycles. The summed E-state index contributed by atoms with van der Waals surface area (Å²) in [7, 11) is 0. The van der Waals surface area contributed by atoms with Crippen LogP contribution < -0.4 is 0 Å². The first-order chi connectivity index (χ1) is 6.22. The Morgan fingerprint density at radius 1 is 0.846 bits per heavy atom. The van der Waals surface area contributed by atoms with Crippen molar-refractivity contribution in [2.24, 2.45) is 5.92 Å². The van der Waals surface area contributed by atoms with Crippen molar-refractivity contribution in [2.75, 3.05) is 0 Å². The first-order valence-corrected chi connectivity index (χ1v) is 6.06. The van der Waals surface area contributed by atoms with E-state index < -0.39 is 0 Å². The van der Waals surface area contributed by atoms with Crippen LogP contribution in [0.25, 0.3) is 0 Å². The van der Waals surface area contributed by atoms with Gasteiger partial charge in [-0.05, 0) is 24.7 Å². The molecule has 0 heteroatoms. The Morgan fingerprint density at radius 3 is 1.85 bits per heavy atom. The zero-order valence-electron chi connectivity index (χ0n) is 10.0. The second-order valence-electron chi connectivity index (χ2n) is 4.37. The van der Waals surface area contributed by atoms with Gasteiger partial charge < -0.3 is 0 Å². The minimum absolute atomic E-state index is 0.809. The molecular formula is C13H27. The van der Waals surface area contributed by atoms with Gasteiger partial charge in [-0.25, -0.2) is 0 Å². The van der Waals surface area contributed by atoms with E-state index in [1.807, 2.05) is 0 Å². The van der Waals surface area contributed by atoms with Crippen molar-refractivity contribution in [3.8, 4) is 0 Å². The van der Waals surface area contributed by atoms with Crippen LogP contribution >= 0.6 is 0 Å². The van der Waals surface area contributed by atoms with Crippen molar-refractivity contribution < 1.29 is 0 Å². The average molecular weight is 183 g/mol. The first-order valence-electron chi connectivity index (χ1n) is 6.06. The summed E-state index contributed by atoms with van der Waals surface area (Å²) >= 11 is 0. The maximum Gasteiger partial charge on any atom is -0.0215 e. The summed E-state index contributed by atoms with van der Waals surface area (Å²) in [6.45, 7) is 9.25. The molecule has 0 fully saturated rings. The molecule has 13 heavy (non-hydrogen) atoms. The molecule has 0 amide bonds. The zero-order chi connectivity index (χ0) is 10.1. The van der Waals surface area contributed by atoms with Gasteiger partial charge in [-0.3, -0.25) is 0 Å². The molecule has 0 N–H and O–H groups in total. The standard InChI is InChI=1S/C13H27/c1-5-7-9-11-13(12(3)4)10-8-6-2/h12H,5-11H2,1-4H3. The lowest BCUT2D eigenvalue weighted by molar-refractivity contribution is 0.510. The van der Waals surface area contributed by atoms with Crippen LogP contribution in [0.5, 0.6) is 0 Å². The quantitative estimate of drug-likeness (QED) is 0.465. The maximum absolute atomic E-state index is 2.34. The van der Waals surface area contributed by atoms with Crippen LogP contribution in [-0.2, 0) is 0 Å². The van der Waals surface area contributed by atoms with Gasteiger partial charge in [0.05, 0.1) is 0 Å². The Bertz CT molecular complexity index is 94.2. The molecule has 0 atom stereocenters. The van der Waals surface area contributed by atoms with E-state index in [-0.39, 0.29) is 0 Å².